The van der Waals surface area contributed by atoms with E-state index in [0.717, 1.165) is 23.2 Å². The summed E-state index contributed by atoms with van der Waals surface area (Å²) in [5.41, 5.74) is 0.161. The fourth-order valence-corrected chi connectivity index (χ4v) is 2.22. The van der Waals surface area contributed by atoms with Gasteiger partial charge in [0.15, 0.2) is 0 Å². The molecule has 0 saturated heterocycles. The number of benzene rings is 1. The average Bonchev–Trinajstić information content (AvgIpc) is 2.26. The molecule has 2 N–H and O–H groups in total. The van der Waals surface area contributed by atoms with Gasteiger partial charge >= 0.3 is 0 Å². The van der Waals surface area contributed by atoms with E-state index < -0.39 is 0 Å². The normalized spacial score (nSPS) is 13.3. The summed E-state index contributed by atoms with van der Waals surface area (Å²) in [5.74, 6) is 0.853. The van der Waals surface area contributed by atoms with Crippen LogP contribution in [0.15, 0.2) is 28.7 Å². The zero-order valence-corrected chi connectivity index (χ0v) is 13.5. The molecular formula is C15H24BrNO2. The monoisotopic (exact) mass is 329 g/mol. The predicted molar refractivity (Wildman–Crippen MR) is 82.6 cm³/mol. The van der Waals surface area contributed by atoms with Crippen molar-refractivity contribution >= 4 is 15.9 Å². The van der Waals surface area contributed by atoms with Crippen LogP contribution in [-0.4, -0.2) is 30.9 Å². The minimum Gasteiger partial charge on any atom is -0.492 e. The Morgan fingerprint density at radius 3 is 2.74 bits per heavy atom. The molecule has 19 heavy (non-hydrogen) atoms. The number of nitrogens with one attached hydrogen (secondary N) is 1. The highest BCUT2D eigenvalue weighted by Gasteiger charge is 2.15. The molecule has 0 heterocycles. The molecule has 1 rings (SSSR count). The Hall–Kier alpha value is -0.580. The lowest BCUT2D eigenvalue weighted by Crippen LogP contribution is -2.32. The number of aliphatic hydroxyl groups is 1. The SMILES string of the molecule is CC(C)(C)CC(O)CNCCOc1cccc(Br)c1. The van der Waals surface area contributed by atoms with Gasteiger partial charge in [0, 0.05) is 17.6 Å². The Morgan fingerprint density at radius 2 is 2.11 bits per heavy atom. The van der Waals surface area contributed by atoms with Gasteiger partial charge < -0.3 is 15.2 Å². The van der Waals surface area contributed by atoms with E-state index in [1.807, 2.05) is 24.3 Å². The van der Waals surface area contributed by atoms with E-state index in [9.17, 15) is 5.11 Å². The van der Waals surface area contributed by atoms with Gasteiger partial charge in [0.1, 0.15) is 12.4 Å². The van der Waals surface area contributed by atoms with Crippen LogP contribution in [0.5, 0.6) is 5.75 Å². The van der Waals surface area contributed by atoms with Crippen LogP contribution in [0.25, 0.3) is 0 Å². The van der Waals surface area contributed by atoms with Gasteiger partial charge in [-0.25, -0.2) is 0 Å². The van der Waals surface area contributed by atoms with Crippen LogP contribution in [0.3, 0.4) is 0 Å². The number of aliphatic hydroxyl groups excluding tert-OH is 1. The minimum absolute atomic E-state index is 0.161. The predicted octanol–water partition coefficient (Wildman–Crippen LogP) is 3.21. The molecule has 0 aliphatic carbocycles. The Kier molecular flexibility index (Phi) is 6.83. The maximum absolute atomic E-state index is 9.83. The zero-order chi connectivity index (χ0) is 14.3. The molecule has 0 aliphatic heterocycles. The van der Waals surface area contributed by atoms with Gasteiger partial charge in [0.2, 0.25) is 0 Å². The molecule has 0 saturated carbocycles. The fourth-order valence-electron chi connectivity index (χ4n) is 1.85. The zero-order valence-electron chi connectivity index (χ0n) is 11.9. The van der Waals surface area contributed by atoms with Crippen LogP contribution >= 0.6 is 15.9 Å². The number of ether oxygens (including phenoxy) is 1. The highest BCUT2D eigenvalue weighted by atomic mass is 79.9. The molecule has 3 nitrogen and oxygen atoms in total. The molecule has 0 spiro atoms. The van der Waals surface area contributed by atoms with Crippen molar-refractivity contribution in [2.24, 2.45) is 5.41 Å². The van der Waals surface area contributed by atoms with Crippen LogP contribution in [0.4, 0.5) is 0 Å². The Bertz CT molecular complexity index is 377. The van der Waals surface area contributed by atoms with Gasteiger partial charge in [-0.05, 0) is 30.0 Å². The number of hydrogen-bond acceptors (Lipinski definition) is 3. The van der Waals surface area contributed by atoms with Crippen LogP contribution in [0.2, 0.25) is 0 Å². The highest BCUT2D eigenvalue weighted by molar-refractivity contribution is 9.10. The molecule has 0 aromatic heterocycles. The van der Waals surface area contributed by atoms with Gasteiger partial charge in [-0.3, -0.25) is 0 Å². The van der Waals surface area contributed by atoms with Gasteiger partial charge in [-0.2, -0.15) is 0 Å². The van der Waals surface area contributed by atoms with Crippen molar-refractivity contribution in [3.8, 4) is 5.75 Å². The van der Waals surface area contributed by atoms with Crippen molar-refractivity contribution in [2.75, 3.05) is 19.7 Å². The summed E-state index contributed by atoms with van der Waals surface area (Å²) >= 11 is 3.40. The van der Waals surface area contributed by atoms with E-state index in [4.69, 9.17) is 4.74 Å². The van der Waals surface area contributed by atoms with Crippen LogP contribution in [0, 0.1) is 5.41 Å². The lowest BCUT2D eigenvalue weighted by Gasteiger charge is -2.22. The topological polar surface area (TPSA) is 41.5 Å². The second kappa shape index (κ2) is 7.88. The van der Waals surface area contributed by atoms with E-state index in [2.05, 4.69) is 42.0 Å². The third kappa shape index (κ3) is 8.24. The molecule has 0 aliphatic rings. The maximum atomic E-state index is 9.83. The molecule has 1 unspecified atom stereocenters. The first-order valence-electron chi connectivity index (χ1n) is 6.64. The number of rotatable bonds is 7. The largest absolute Gasteiger partial charge is 0.492 e. The van der Waals surface area contributed by atoms with Crippen molar-refractivity contribution in [2.45, 2.75) is 33.3 Å². The minimum atomic E-state index is -0.300. The molecule has 4 heteroatoms. The Labute approximate surface area is 124 Å². The van der Waals surface area contributed by atoms with Gasteiger partial charge in [-0.1, -0.05) is 42.8 Å². The molecule has 0 bridgehead atoms. The quantitative estimate of drug-likeness (QED) is 0.755. The van der Waals surface area contributed by atoms with Crippen molar-refractivity contribution in [3.63, 3.8) is 0 Å². The van der Waals surface area contributed by atoms with E-state index in [1.54, 1.807) is 0 Å². The number of hydrogen-bond donors (Lipinski definition) is 2. The van der Waals surface area contributed by atoms with Crippen LogP contribution in [0.1, 0.15) is 27.2 Å². The Balaban J connectivity index is 2.11. The van der Waals surface area contributed by atoms with Crippen molar-refractivity contribution < 1.29 is 9.84 Å². The summed E-state index contributed by atoms with van der Waals surface area (Å²) < 4.78 is 6.61. The van der Waals surface area contributed by atoms with Gasteiger partial charge in [0.05, 0.1) is 6.10 Å². The van der Waals surface area contributed by atoms with E-state index in [1.165, 1.54) is 0 Å². The molecular weight excluding hydrogens is 306 g/mol. The fraction of sp³-hybridized carbons (Fsp3) is 0.600. The van der Waals surface area contributed by atoms with Gasteiger partial charge in [0.25, 0.3) is 0 Å². The highest BCUT2D eigenvalue weighted by Crippen LogP contribution is 2.20. The van der Waals surface area contributed by atoms with Crippen molar-refractivity contribution in [1.29, 1.82) is 0 Å². The van der Waals surface area contributed by atoms with Crippen molar-refractivity contribution in [1.82, 2.24) is 5.32 Å². The average molecular weight is 330 g/mol. The summed E-state index contributed by atoms with van der Waals surface area (Å²) in [5, 5.41) is 13.0. The summed E-state index contributed by atoms with van der Waals surface area (Å²) in [6, 6.07) is 7.78. The standard InChI is InChI=1S/C15H24BrNO2/c1-15(2,3)10-13(18)11-17-7-8-19-14-6-4-5-12(16)9-14/h4-6,9,13,17-18H,7-8,10-11H2,1-3H3. The second-order valence-electron chi connectivity index (χ2n) is 5.93. The van der Waals surface area contributed by atoms with E-state index in [0.29, 0.717) is 13.2 Å². The summed E-state index contributed by atoms with van der Waals surface area (Å²) in [6.45, 7) is 8.33. The molecule has 0 amide bonds. The lowest BCUT2D eigenvalue weighted by atomic mass is 9.89. The number of halogens is 1. The molecule has 0 fully saturated rings. The molecule has 0 radical (unpaired) electrons. The Morgan fingerprint density at radius 1 is 1.37 bits per heavy atom. The van der Waals surface area contributed by atoms with Gasteiger partial charge in [-0.15, -0.1) is 0 Å². The van der Waals surface area contributed by atoms with E-state index in [-0.39, 0.29) is 11.5 Å². The smallest absolute Gasteiger partial charge is 0.120 e. The summed E-state index contributed by atoms with van der Waals surface area (Å²) in [4.78, 5) is 0. The summed E-state index contributed by atoms with van der Waals surface area (Å²) in [6.07, 6.45) is 0.498. The van der Waals surface area contributed by atoms with Crippen LogP contribution < -0.4 is 10.1 Å². The first-order valence-corrected chi connectivity index (χ1v) is 7.43. The maximum Gasteiger partial charge on any atom is 0.120 e. The lowest BCUT2D eigenvalue weighted by molar-refractivity contribution is 0.118. The third-order valence-corrected chi connectivity index (χ3v) is 3.06. The third-order valence-electron chi connectivity index (χ3n) is 2.57. The van der Waals surface area contributed by atoms with Crippen LogP contribution in [-0.2, 0) is 0 Å². The molecule has 108 valence electrons. The first kappa shape index (κ1) is 16.5. The van der Waals surface area contributed by atoms with E-state index >= 15 is 0 Å². The summed E-state index contributed by atoms with van der Waals surface area (Å²) in [7, 11) is 0. The first-order chi connectivity index (χ1) is 8.87. The molecule has 1 aromatic carbocycles. The molecule has 1 aromatic rings. The molecule has 1 atom stereocenters. The second-order valence-corrected chi connectivity index (χ2v) is 6.84. The van der Waals surface area contributed by atoms with Crippen molar-refractivity contribution in [3.05, 3.63) is 28.7 Å².